The maximum absolute atomic E-state index is 13.3. The summed E-state index contributed by atoms with van der Waals surface area (Å²) in [6, 6.07) is 6.63. The summed E-state index contributed by atoms with van der Waals surface area (Å²) < 4.78 is 23.2. The van der Waals surface area contributed by atoms with E-state index in [1.54, 1.807) is 51.1 Å². The topological polar surface area (TPSA) is 127 Å². The number of nitrogens with zero attached hydrogens (tertiary/aromatic N) is 1. The van der Waals surface area contributed by atoms with E-state index in [4.69, 9.17) is 24.0 Å². The van der Waals surface area contributed by atoms with Crippen molar-refractivity contribution in [3.63, 3.8) is 0 Å². The lowest BCUT2D eigenvalue weighted by molar-refractivity contribution is -0.140. The molecule has 33 heavy (non-hydrogen) atoms. The van der Waals surface area contributed by atoms with Crippen LogP contribution in [0.15, 0.2) is 56.0 Å². The summed E-state index contributed by atoms with van der Waals surface area (Å²) in [6.45, 7) is 5.14. The van der Waals surface area contributed by atoms with E-state index < -0.39 is 29.5 Å². The average Bonchev–Trinajstić information content (AvgIpc) is 3.50. The fourth-order valence-corrected chi connectivity index (χ4v) is 4.72. The van der Waals surface area contributed by atoms with Crippen LogP contribution in [-0.2, 0) is 19.1 Å². The number of esters is 2. The van der Waals surface area contributed by atoms with E-state index in [-0.39, 0.29) is 32.8 Å². The van der Waals surface area contributed by atoms with Crippen LogP contribution < -0.4 is 20.5 Å². The van der Waals surface area contributed by atoms with Crippen molar-refractivity contribution < 1.29 is 27.9 Å². The minimum atomic E-state index is -1.01. The third-order valence-corrected chi connectivity index (χ3v) is 5.96. The van der Waals surface area contributed by atoms with Gasteiger partial charge in [0.1, 0.15) is 22.0 Å². The number of rotatable bonds is 6. The fraction of sp³-hybridized carbons (Fsp3) is 0.261. The van der Waals surface area contributed by atoms with Gasteiger partial charge in [-0.1, -0.05) is 0 Å². The van der Waals surface area contributed by atoms with Crippen LogP contribution in [0.25, 0.3) is 17.5 Å². The van der Waals surface area contributed by atoms with E-state index in [1.165, 1.54) is 12.5 Å². The third-order valence-electron chi connectivity index (χ3n) is 4.85. The Labute approximate surface area is 192 Å². The first kappa shape index (κ1) is 22.4. The van der Waals surface area contributed by atoms with Gasteiger partial charge < -0.3 is 24.0 Å². The number of thiazole rings is 1. The van der Waals surface area contributed by atoms with Crippen LogP contribution in [0.1, 0.15) is 38.2 Å². The molecule has 1 aliphatic rings. The minimum absolute atomic E-state index is 0.0668. The van der Waals surface area contributed by atoms with Crippen LogP contribution in [0.3, 0.4) is 0 Å². The molecular weight excluding hydrogens is 448 g/mol. The number of carbonyl (C=O) groups excluding carboxylic acids is 2. The summed E-state index contributed by atoms with van der Waals surface area (Å²) in [6.07, 6.45) is 4.01. The summed E-state index contributed by atoms with van der Waals surface area (Å²) in [5.41, 5.74) is 5.87. The highest BCUT2D eigenvalue weighted by Crippen LogP contribution is 2.38. The van der Waals surface area contributed by atoms with Crippen molar-refractivity contribution in [2.45, 2.75) is 32.8 Å². The smallest absolute Gasteiger partial charge is 0.338 e. The molecule has 9 nitrogen and oxygen atoms in total. The molecule has 0 saturated heterocycles. The molecule has 0 saturated carbocycles. The Morgan fingerprint density at radius 1 is 1.18 bits per heavy atom. The molecule has 0 fully saturated rings. The number of ether oxygens (including phenoxy) is 2. The lowest BCUT2D eigenvalue weighted by Gasteiger charge is -2.25. The van der Waals surface area contributed by atoms with Gasteiger partial charge in [-0.05, 0) is 45.0 Å². The molecule has 1 aliphatic heterocycles. The molecule has 4 rings (SSSR count). The van der Waals surface area contributed by atoms with Crippen molar-refractivity contribution in [1.82, 2.24) is 4.57 Å². The normalized spacial score (nSPS) is 16.3. The van der Waals surface area contributed by atoms with Crippen molar-refractivity contribution in [2.24, 2.45) is 5.73 Å². The van der Waals surface area contributed by atoms with Gasteiger partial charge in [-0.2, -0.15) is 0 Å². The van der Waals surface area contributed by atoms with Crippen molar-refractivity contribution in [1.29, 1.82) is 0 Å². The third kappa shape index (κ3) is 4.05. The van der Waals surface area contributed by atoms with E-state index in [0.717, 1.165) is 15.9 Å². The summed E-state index contributed by atoms with van der Waals surface area (Å²) in [5, 5.41) is 0. The molecule has 172 valence electrons. The largest absolute Gasteiger partial charge is 0.468 e. The lowest BCUT2D eigenvalue weighted by Crippen LogP contribution is -2.42. The predicted molar refractivity (Wildman–Crippen MR) is 120 cm³/mol. The Morgan fingerprint density at radius 2 is 1.91 bits per heavy atom. The van der Waals surface area contributed by atoms with Gasteiger partial charge in [0.25, 0.3) is 5.56 Å². The van der Waals surface area contributed by atoms with Gasteiger partial charge >= 0.3 is 11.9 Å². The average molecular weight is 471 g/mol. The highest BCUT2D eigenvalue weighted by molar-refractivity contribution is 7.07. The Balaban J connectivity index is 2.10. The Hall–Kier alpha value is -3.79. The highest BCUT2D eigenvalue weighted by atomic mass is 32.1. The molecule has 0 spiro atoms. The van der Waals surface area contributed by atoms with Crippen LogP contribution in [0.4, 0.5) is 0 Å². The first-order valence-corrected chi connectivity index (χ1v) is 11.1. The maximum Gasteiger partial charge on any atom is 0.338 e. The number of aromatic nitrogens is 1. The van der Waals surface area contributed by atoms with Gasteiger partial charge in [0.2, 0.25) is 0 Å². The number of hydrogen-bond donors (Lipinski definition) is 1. The number of furan rings is 2. The standard InChI is InChI=1S/C23H22N2O7S/c1-4-29-22(27)17-16(14-8-6-10-31-14)18(23(28)32-12(2)3)21-25(19(17)24)20(26)15(33-21)11-13-7-5-9-30-13/h5-12,16H,4,24H2,1-3H3. The first-order chi connectivity index (χ1) is 15.8. The molecule has 0 bridgehead atoms. The molecule has 3 aromatic heterocycles. The second kappa shape index (κ2) is 8.99. The molecule has 0 aliphatic carbocycles. The molecule has 0 radical (unpaired) electrons. The highest BCUT2D eigenvalue weighted by Gasteiger charge is 2.41. The molecule has 4 heterocycles. The number of fused-ring (bicyclic) bond motifs is 1. The molecule has 0 amide bonds. The van der Waals surface area contributed by atoms with Crippen LogP contribution in [0, 0.1) is 0 Å². The van der Waals surface area contributed by atoms with Crippen LogP contribution >= 0.6 is 11.3 Å². The monoisotopic (exact) mass is 470 g/mol. The zero-order chi connectivity index (χ0) is 23.7. The molecule has 2 N–H and O–H groups in total. The second-order valence-electron chi connectivity index (χ2n) is 7.41. The van der Waals surface area contributed by atoms with E-state index in [1.807, 2.05) is 0 Å². The van der Waals surface area contributed by atoms with Gasteiger partial charge in [-0.25, -0.2) is 9.59 Å². The second-order valence-corrected chi connectivity index (χ2v) is 8.44. The van der Waals surface area contributed by atoms with E-state index in [9.17, 15) is 14.4 Å². The van der Waals surface area contributed by atoms with Gasteiger partial charge in [-0.15, -0.1) is 11.3 Å². The molecule has 1 atom stereocenters. The quantitative estimate of drug-likeness (QED) is 0.537. The molecule has 0 aromatic carbocycles. The Bertz CT molecular complexity index is 1390. The first-order valence-electron chi connectivity index (χ1n) is 10.3. The Morgan fingerprint density at radius 3 is 2.52 bits per heavy atom. The van der Waals surface area contributed by atoms with Crippen molar-refractivity contribution in [3.05, 3.63) is 73.4 Å². The van der Waals surface area contributed by atoms with Crippen molar-refractivity contribution in [2.75, 3.05) is 6.61 Å². The van der Waals surface area contributed by atoms with Crippen LogP contribution in [0.2, 0.25) is 0 Å². The SMILES string of the molecule is CCOC(=O)C1=C(N)n2c(sc(=Cc3ccco3)c2=O)=C(C(=O)OC(C)C)C1c1ccco1. The van der Waals surface area contributed by atoms with E-state index in [0.29, 0.717) is 11.5 Å². The van der Waals surface area contributed by atoms with E-state index in [2.05, 4.69) is 0 Å². The number of carbonyl (C=O) groups is 2. The van der Waals surface area contributed by atoms with Crippen molar-refractivity contribution in [3.8, 4) is 0 Å². The van der Waals surface area contributed by atoms with Crippen LogP contribution in [0.5, 0.6) is 0 Å². The molecule has 10 heteroatoms. The molecule has 3 aromatic rings. The molecular formula is C23H22N2O7S. The van der Waals surface area contributed by atoms with Crippen molar-refractivity contribution >= 4 is 40.7 Å². The number of nitrogens with two attached hydrogens (primary N) is 1. The summed E-state index contributed by atoms with van der Waals surface area (Å²) in [4.78, 5) is 39.6. The summed E-state index contributed by atoms with van der Waals surface area (Å²) in [7, 11) is 0. The zero-order valence-electron chi connectivity index (χ0n) is 18.2. The number of hydrogen-bond acceptors (Lipinski definition) is 9. The zero-order valence-corrected chi connectivity index (χ0v) is 19.0. The van der Waals surface area contributed by atoms with E-state index >= 15 is 0 Å². The van der Waals surface area contributed by atoms with Gasteiger partial charge in [0.15, 0.2) is 0 Å². The molecule has 1 unspecified atom stereocenters. The Kier molecular flexibility index (Phi) is 6.10. The van der Waals surface area contributed by atoms with Gasteiger partial charge in [0, 0.05) is 6.08 Å². The minimum Gasteiger partial charge on any atom is -0.468 e. The lowest BCUT2D eigenvalue weighted by atomic mass is 9.87. The maximum atomic E-state index is 13.3. The fourth-order valence-electron chi connectivity index (χ4n) is 3.57. The van der Waals surface area contributed by atoms with Gasteiger partial charge in [-0.3, -0.25) is 9.36 Å². The summed E-state index contributed by atoms with van der Waals surface area (Å²) in [5.74, 6) is -1.85. The predicted octanol–water partition coefficient (Wildman–Crippen LogP) is 1.51. The summed E-state index contributed by atoms with van der Waals surface area (Å²) >= 11 is 1.04. The van der Waals surface area contributed by atoms with Gasteiger partial charge in [0.05, 0.1) is 46.8 Å². The van der Waals surface area contributed by atoms with Crippen LogP contribution in [-0.4, -0.2) is 29.2 Å².